The molecule has 0 unspecified atom stereocenters. The first-order valence-electron chi connectivity index (χ1n) is 6.52. The zero-order valence-corrected chi connectivity index (χ0v) is 11.3. The van der Waals surface area contributed by atoms with Crippen LogP contribution in [0.4, 0.5) is 0 Å². The largest absolute Gasteiger partial charge is 0.317 e. The Labute approximate surface area is 96.4 Å². The number of nitrogens with one attached hydrogen (secondary N) is 1. The fourth-order valence-corrected chi connectivity index (χ4v) is 1.77. The second-order valence-corrected chi connectivity index (χ2v) is 5.04. The van der Waals surface area contributed by atoms with Gasteiger partial charge in [-0.1, -0.05) is 20.8 Å². The minimum Gasteiger partial charge on any atom is -0.317 e. The molecule has 0 heterocycles. The summed E-state index contributed by atoms with van der Waals surface area (Å²) >= 11 is 0. The summed E-state index contributed by atoms with van der Waals surface area (Å²) in [5, 5.41) is 3.37. The third-order valence-corrected chi connectivity index (χ3v) is 2.63. The minimum atomic E-state index is 0.687. The second kappa shape index (κ2) is 9.17. The highest BCUT2D eigenvalue weighted by molar-refractivity contribution is 4.65. The molecule has 0 aromatic carbocycles. The maximum absolute atomic E-state index is 3.37. The van der Waals surface area contributed by atoms with Gasteiger partial charge in [-0.15, -0.1) is 0 Å². The fourth-order valence-electron chi connectivity index (χ4n) is 1.77. The SMILES string of the molecule is CCNCCCCN(CC(C)C)C(C)C. The summed E-state index contributed by atoms with van der Waals surface area (Å²) in [6.45, 7) is 16.1. The molecule has 0 aromatic rings. The number of hydrogen-bond acceptors (Lipinski definition) is 2. The van der Waals surface area contributed by atoms with Gasteiger partial charge in [0.15, 0.2) is 0 Å². The number of hydrogen-bond donors (Lipinski definition) is 1. The van der Waals surface area contributed by atoms with Crippen LogP contribution in [0.2, 0.25) is 0 Å². The average Bonchev–Trinajstić information content (AvgIpc) is 2.15. The maximum atomic E-state index is 3.37. The van der Waals surface area contributed by atoms with Crippen LogP contribution in [-0.4, -0.2) is 37.1 Å². The molecule has 0 saturated carbocycles. The van der Waals surface area contributed by atoms with E-state index in [0.29, 0.717) is 6.04 Å². The van der Waals surface area contributed by atoms with Crippen LogP contribution in [0.15, 0.2) is 0 Å². The smallest absolute Gasteiger partial charge is 0.00387 e. The molecule has 0 aliphatic rings. The van der Waals surface area contributed by atoms with Gasteiger partial charge in [-0.2, -0.15) is 0 Å². The molecule has 0 atom stereocenters. The summed E-state index contributed by atoms with van der Waals surface area (Å²) in [6.07, 6.45) is 2.62. The van der Waals surface area contributed by atoms with Crippen molar-refractivity contribution in [2.45, 2.75) is 53.5 Å². The molecule has 0 fully saturated rings. The van der Waals surface area contributed by atoms with E-state index in [1.54, 1.807) is 0 Å². The molecule has 0 aliphatic carbocycles. The van der Waals surface area contributed by atoms with Gasteiger partial charge >= 0.3 is 0 Å². The van der Waals surface area contributed by atoms with Crippen LogP contribution in [0.1, 0.15) is 47.5 Å². The molecule has 0 aliphatic heterocycles. The molecule has 0 bridgehead atoms. The van der Waals surface area contributed by atoms with Crippen LogP contribution in [0, 0.1) is 5.92 Å². The van der Waals surface area contributed by atoms with Gasteiger partial charge in [0.1, 0.15) is 0 Å². The molecule has 2 heteroatoms. The summed E-state index contributed by atoms with van der Waals surface area (Å²) < 4.78 is 0. The summed E-state index contributed by atoms with van der Waals surface area (Å²) in [7, 11) is 0. The Morgan fingerprint density at radius 2 is 1.73 bits per heavy atom. The zero-order chi connectivity index (χ0) is 11.7. The normalized spacial score (nSPS) is 12.0. The molecule has 92 valence electrons. The highest BCUT2D eigenvalue weighted by Crippen LogP contribution is 2.05. The maximum Gasteiger partial charge on any atom is 0.00387 e. The molecule has 0 saturated heterocycles. The Hall–Kier alpha value is -0.0800. The highest BCUT2D eigenvalue weighted by atomic mass is 15.1. The van der Waals surface area contributed by atoms with Crippen LogP contribution in [0.25, 0.3) is 0 Å². The molecule has 0 aromatic heterocycles. The Balaban J connectivity index is 3.58. The van der Waals surface area contributed by atoms with Crippen LogP contribution in [0.3, 0.4) is 0 Å². The lowest BCUT2D eigenvalue weighted by Crippen LogP contribution is -2.35. The van der Waals surface area contributed by atoms with Gasteiger partial charge in [0, 0.05) is 12.6 Å². The number of rotatable bonds is 9. The quantitative estimate of drug-likeness (QED) is 0.594. The lowest BCUT2D eigenvalue weighted by molar-refractivity contribution is 0.194. The first-order chi connectivity index (χ1) is 7.07. The molecule has 0 rings (SSSR count). The van der Waals surface area contributed by atoms with Gasteiger partial charge in [0.05, 0.1) is 0 Å². The molecular weight excluding hydrogens is 184 g/mol. The summed E-state index contributed by atoms with van der Waals surface area (Å²) in [6, 6.07) is 0.687. The predicted octanol–water partition coefficient (Wildman–Crippen LogP) is 2.74. The Bertz CT molecular complexity index is 132. The fraction of sp³-hybridized carbons (Fsp3) is 1.00. The predicted molar refractivity (Wildman–Crippen MR) is 69.3 cm³/mol. The molecule has 0 spiro atoms. The van der Waals surface area contributed by atoms with Gasteiger partial charge in [-0.3, -0.25) is 0 Å². The van der Waals surface area contributed by atoms with E-state index in [4.69, 9.17) is 0 Å². The van der Waals surface area contributed by atoms with Gasteiger partial charge in [0.2, 0.25) is 0 Å². The standard InChI is InChI=1S/C13H30N2/c1-6-14-9-7-8-10-15(13(4)5)11-12(2)3/h12-14H,6-11H2,1-5H3. The lowest BCUT2D eigenvalue weighted by Gasteiger charge is -2.28. The molecular formula is C13H30N2. The van der Waals surface area contributed by atoms with Crippen molar-refractivity contribution < 1.29 is 0 Å². The summed E-state index contributed by atoms with van der Waals surface area (Å²) in [5.41, 5.74) is 0. The number of unbranched alkanes of at least 4 members (excludes halogenated alkanes) is 1. The molecule has 2 nitrogen and oxygen atoms in total. The minimum absolute atomic E-state index is 0.687. The van der Waals surface area contributed by atoms with Crippen LogP contribution in [-0.2, 0) is 0 Å². The Morgan fingerprint density at radius 3 is 2.20 bits per heavy atom. The van der Waals surface area contributed by atoms with Crippen molar-refractivity contribution in [2.24, 2.45) is 5.92 Å². The van der Waals surface area contributed by atoms with Crippen molar-refractivity contribution in [1.82, 2.24) is 10.2 Å². The van der Waals surface area contributed by atoms with Gasteiger partial charge in [-0.25, -0.2) is 0 Å². The van der Waals surface area contributed by atoms with Gasteiger partial charge < -0.3 is 10.2 Å². The van der Waals surface area contributed by atoms with Crippen molar-refractivity contribution >= 4 is 0 Å². The Morgan fingerprint density at radius 1 is 1.07 bits per heavy atom. The molecule has 1 N–H and O–H groups in total. The third kappa shape index (κ3) is 8.88. The van der Waals surface area contributed by atoms with E-state index in [1.807, 2.05) is 0 Å². The first-order valence-corrected chi connectivity index (χ1v) is 6.52. The lowest BCUT2D eigenvalue weighted by atomic mass is 10.1. The highest BCUT2D eigenvalue weighted by Gasteiger charge is 2.09. The van der Waals surface area contributed by atoms with Gasteiger partial charge in [-0.05, 0) is 52.2 Å². The van der Waals surface area contributed by atoms with Crippen molar-refractivity contribution in [1.29, 1.82) is 0 Å². The van der Waals surface area contributed by atoms with E-state index in [2.05, 4.69) is 44.8 Å². The molecule has 15 heavy (non-hydrogen) atoms. The molecule has 0 radical (unpaired) electrons. The first kappa shape index (κ1) is 14.9. The van der Waals surface area contributed by atoms with Crippen molar-refractivity contribution in [3.63, 3.8) is 0 Å². The van der Waals surface area contributed by atoms with Gasteiger partial charge in [0.25, 0.3) is 0 Å². The third-order valence-electron chi connectivity index (χ3n) is 2.63. The van der Waals surface area contributed by atoms with E-state index in [0.717, 1.165) is 12.5 Å². The average molecular weight is 214 g/mol. The number of nitrogens with zero attached hydrogens (tertiary/aromatic N) is 1. The van der Waals surface area contributed by atoms with Crippen LogP contribution >= 0.6 is 0 Å². The van der Waals surface area contributed by atoms with E-state index in [9.17, 15) is 0 Å². The summed E-state index contributed by atoms with van der Waals surface area (Å²) in [4.78, 5) is 2.59. The van der Waals surface area contributed by atoms with Crippen molar-refractivity contribution in [3.05, 3.63) is 0 Å². The summed E-state index contributed by atoms with van der Waals surface area (Å²) in [5.74, 6) is 0.779. The van der Waals surface area contributed by atoms with E-state index >= 15 is 0 Å². The van der Waals surface area contributed by atoms with E-state index < -0.39 is 0 Å². The molecule has 0 amide bonds. The zero-order valence-electron chi connectivity index (χ0n) is 11.3. The van der Waals surface area contributed by atoms with Crippen LogP contribution in [0.5, 0.6) is 0 Å². The van der Waals surface area contributed by atoms with Crippen LogP contribution < -0.4 is 5.32 Å². The second-order valence-electron chi connectivity index (χ2n) is 5.04. The van der Waals surface area contributed by atoms with Crippen molar-refractivity contribution in [2.75, 3.05) is 26.2 Å². The monoisotopic (exact) mass is 214 g/mol. The Kier molecular flexibility index (Phi) is 9.12. The van der Waals surface area contributed by atoms with Crippen molar-refractivity contribution in [3.8, 4) is 0 Å². The topological polar surface area (TPSA) is 15.3 Å². The van der Waals surface area contributed by atoms with E-state index in [1.165, 1.54) is 32.5 Å². The van der Waals surface area contributed by atoms with E-state index in [-0.39, 0.29) is 0 Å².